The third-order valence-corrected chi connectivity index (χ3v) is 5.29. The van der Waals surface area contributed by atoms with Gasteiger partial charge in [-0.3, -0.25) is 9.59 Å². The van der Waals surface area contributed by atoms with Crippen LogP contribution in [0.5, 0.6) is 0 Å². The quantitative estimate of drug-likeness (QED) is 0.721. The summed E-state index contributed by atoms with van der Waals surface area (Å²) in [4.78, 5) is 30.5. The van der Waals surface area contributed by atoms with E-state index >= 15 is 0 Å². The zero-order valence-electron chi connectivity index (χ0n) is 17.1. The zero-order chi connectivity index (χ0) is 20.5. The number of hydrogen-bond donors (Lipinski definition) is 2. The van der Waals surface area contributed by atoms with Crippen molar-refractivity contribution < 1.29 is 9.59 Å². The van der Waals surface area contributed by atoms with Gasteiger partial charge < -0.3 is 15.5 Å². The monoisotopic (exact) mass is 394 g/mol. The molecule has 0 spiro atoms. The molecule has 2 N–H and O–H groups in total. The summed E-state index contributed by atoms with van der Waals surface area (Å²) in [6.45, 7) is 5.50. The maximum absolute atomic E-state index is 12.1. The van der Waals surface area contributed by atoms with Gasteiger partial charge in [0.25, 0.3) is 0 Å². The van der Waals surface area contributed by atoms with E-state index in [2.05, 4.69) is 50.8 Å². The Morgan fingerprint density at radius 1 is 1.14 bits per heavy atom. The number of aryl methyl sites for hydroxylation is 1. The number of anilines is 1. The van der Waals surface area contributed by atoms with Crippen molar-refractivity contribution in [2.45, 2.75) is 38.5 Å². The molecule has 3 rings (SSSR count). The van der Waals surface area contributed by atoms with Crippen molar-refractivity contribution in [3.63, 3.8) is 0 Å². The standard InChI is InChI=1S/C23H30N4O2/c1-18-11-12-24-21(16-18)26-23(29)10-9-22(28)25-13-15-27-14-5-8-20(17-27)19-6-3-2-4-7-19/h2-4,6-7,11-12,16,20H,5,8-10,13-15,17H2,1H3,(H,25,28)(H,24,26,29)/t20-/m1/s1. The van der Waals surface area contributed by atoms with Crippen molar-refractivity contribution in [1.82, 2.24) is 15.2 Å². The maximum Gasteiger partial charge on any atom is 0.226 e. The lowest BCUT2D eigenvalue weighted by atomic mass is 9.91. The Hall–Kier alpha value is -2.73. The molecule has 0 radical (unpaired) electrons. The van der Waals surface area contributed by atoms with Gasteiger partial charge in [-0.1, -0.05) is 30.3 Å². The Kier molecular flexibility index (Phi) is 7.76. The minimum atomic E-state index is -0.194. The second-order valence-electron chi connectivity index (χ2n) is 7.67. The Morgan fingerprint density at radius 3 is 2.72 bits per heavy atom. The number of nitrogens with one attached hydrogen (secondary N) is 2. The van der Waals surface area contributed by atoms with E-state index in [1.54, 1.807) is 12.3 Å². The number of likely N-dealkylation sites (tertiary alicyclic amines) is 1. The maximum atomic E-state index is 12.1. The number of amides is 2. The fourth-order valence-corrected chi connectivity index (χ4v) is 3.73. The fraction of sp³-hybridized carbons (Fsp3) is 0.435. The highest BCUT2D eigenvalue weighted by Gasteiger charge is 2.20. The molecule has 154 valence electrons. The first kappa shape index (κ1) is 21.0. The molecule has 1 atom stereocenters. The van der Waals surface area contributed by atoms with Crippen molar-refractivity contribution in [2.24, 2.45) is 0 Å². The van der Waals surface area contributed by atoms with E-state index in [1.165, 1.54) is 18.4 Å². The third-order valence-electron chi connectivity index (χ3n) is 5.29. The number of rotatable bonds is 8. The van der Waals surface area contributed by atoms with E-state index in [9.17, 15) is 9.59 Å². The summed E-state index contributed by atoms with van der Waals surface area (Å²) in [7, 11) is 0. The first-order chi connectivity index (χ1) is 14.1. The van der Waals surface area contributed by atoms with Crippen molar-refractivity contribution in [3.05, 3.63) is 59.8 Å². The van der Waals surface area contributed by atoms with E-state index < -0.39 is 0 Å². The normalized spacial score (nSPS) is 16.9. The van der Waals surface area contributed by atoms with Gasteiger partial charge in [0.05, 0.1) is 0 Å². The highest BCUT2D eigenvalue weighted by atomic mass is 16.2. The lowest BCUT2D eigenvalue weighted by molar-refractivity contribution is -0.124. The molecule has 0 unspecified atom stereocenters. The molecule has 2 heterocycles. The molecule has 29 heavy (non-hydrogen) atoms. The fourth-order valence-electron chi connectivity index (χ4n) is 3.73. The molecule has 6 nitrogen and oxygen atoms in total. The molecule has 6 heteroatoms. The summed E-state index contributed by atoms with van der Waals surface area (Å²) in [6.07, 6.45) is 4.39. The number of aromatic nitrogens is 1. The van der Waals surface area contributed by atoms with Gasteiger partial charge in [-0.25, -0.2) is 4.98 Å². The number of benzene rings is 1. The molecule has 1 aliphatic rings. The van der Waals surface area contributed by atoms with Crippen LogP contribution < -0.4 is 10.6 Å². The molecule has 2 aromatic rings. The zero-order valence-corrected chi connectivity index (χ0v) is 17.1. The van der Waals surface area contributed by atoms with Crippen LogP contribution in [-0.2, 0) is 9.59 Å². The summed E-state index contributed by atoms with van der Waals surface area (Å²) < 4.78 is 0. The Labute approximate surface area is 172 Å². The van der Waals surface area contributed by atoms with Gasteiger partial charge in [0.1, 0.15) is 5.82 Å². The van der Waals surface area contributed by atoms with Crippen LogP contribution in [0.2, 0.25) is 0 Å². The minimum Gasteiger partial charge on any atom is -0.355 e. The van der Waals surface area contributed by atoms with Crippen molar-refractivity contribution in [2.75, 3.05) is 31.5 Å². The molecule has 0 saturated carbocycles. The number of pyridine rings is 1. The van der Waals surface area contributed by atoms with E-state index in [-0.39, 0.29) is 24.7 Å². The topological polar surface area (TPSA) is 74.3 Å². The average molecular weight is 395 g/mol. The van der Waals surface area contributed by atoms with Crippen molar-refractivity contribution in [1.29, 1.82) is 0 Å². The van der Waals surface area contributed by atoms with Gasteiger partial charge in [0, 0.05) is 38.7 Å². The van der Waals surface area contributed by atoms with Crippen molar-refractivity contribution in [3.8, 4) is 0 Å². The molecular weight excluding hydrogens is 364 g/mol. The van der Waals surface area contributed by atoms with E-state index in [0.29, 0.717) is 18.3 Å². The summed E-state index contributed by atoms with van der Waals surface area (Å²) in [5.74, 6) is 0.807. The molecule has 0 bridgehead atoms. The highest BCUT2D eigenvalue weighted by Crippen LogP contribution is 2.26. The summed E-state index contributed by atoms with van der Waals surface area (Å²) in [5, 5.41) is 5.66. The van der Waals surface area contributed by atoms with Gasteiger partial charge in [-0.2, -0.15) is 0 Å². The van der Waals surface area contributed by atoms with Crippen LogP contribution in [0.4, 0.5) is 5.82 Å². The molecule has 1 aliphatic heterocycles. The van der Waals surface area contributed by atoms with Crippen LogP contribution >= 0.6 is 0 Å². The largest absolute Gasteiger partial charge is 0.355 e. The first-order valence-corrected chi connectivity index (χ1v) is 10.4. The molecular formula is C23H30N4O2. The lowest BCUT2D eigenvalue weighted by Crippen LogP contribution is -2.40. The van der Waals surface area contributed by atoms with Crippen LogP contribution in [0.1, 0.15) is 42.7 Å². The molecule has 1 aromatic heterocycles. The number of carbonyl (C=O) groups excluding carboxylic acids is 2. The number of nitrogens with zero attached hydrogens (tertiary/aromatic N) is 2. The Bertz CT molecular complexity index is 810. The smallest absolute Gasteiger partial charge is 0.226 e. The Morgan fingerprint density at radius 2 is 1.93 bits per heavy atom. The molecule has 2 amide bonds. The second kappa shape index (κ2) is 10.7. The summed E-state index contributed by atoms with van der Waals surface area (Å²) in [5.41, 5.74) is 2.43. The minimum absolute atomic E-state index is 0.0889. The predicted molar refractivity (Wildman–Crippen MR) is 115 cm³/mol. The number of carbonyl (C=O) groups is 2. The second-order valence-corrected chi connectivity index (χ2v) is 7.67. The van der Waals surface area contributed by atoms with Crippen LogP contribution in [-0.4, -0.2) is 47.9 Å². The highest BCUT2D eigenvalue weighted by molar-refractivity contribution is 5.92. The summed E-state index contributed by atoms with van der Waals surface area (Å²) in [6, 6.07) is 14.3. The third kappa shape index (κ3) is 6.98. The van der Waals surface area contributed by atoms with Crippen molar-refractivity contribution >= 4 is 17.6 Å². The molecule has 0 aliphatic carbocycles. The van der Waals surface area contributed by atoms with Crippen LogP contribution in [0.3, 0.4) is 0 Å². The molecule has 1 fully saturated rings. The SMILES string of the molecule is Cc1ccnc(NC(=O)CCC(=O)NCCN2CCC[C@@H](c3ccccc3)C2)c1. The van der Waals surface area contributed by atoms with Gasteiger partial charge in [0.2, 0.25) is 11.8 Å². The average Bonchev–Trinajstić information content (AvgIpc) is 2.73. The van der Waals surface area contributed by atoms with Gasteiger partial charge >= 0.3 is 0 Å². The lowest BCUT2D eigenvalue weighted by Gasteiger charge is -2.33. The molecule has 1 aromatic carbocycles. The Balaban J connectivity index is 1.33. The van der Waals surface area contributed by atoms with Gasteiger partial charge in [-0.15, -0.1) is 0 Å². The number of piperidine rings is 1. The van der Waals surface area contributed by atoms with Crippen LogP contribution in [0, 0.1) is 6.92 Å². The van der Waals surface area contributed by atoms with Crippen LogP contribution in [0.25, 0.3) is 0 Å². The summed E-state index contributed by atoms with van der Waals surface area (Å²) >= 11 is 0. The van der Waals surface area contributed by atoms with Gasteiger partial charge in [-0.05, 0) is 55.5 Å². The van der Waals surface area contributed by atoms with Crippen LogP contribution in [0.15, 0.2) is 48.7 Å². The van der Waals surface area contributed by atoms with E-state index in [4.69, 9.17) is 0 Å². The number of hydrogen-bond acceptors (Lipinski definition) is 4. The molecule has 1 saturated heterocycles. The van der Waals surface area contributed by atoms with E-state index in [1.807, 2.05) is 13.0 Å². The van der Waals surface area contributed by atoms with E-state index in [0.717, 1.165) is 25.2 Å². The van der Waals surface area contributed by atoms with Gasteiger partial charge in [0.15, 0.2) is 0 Å². The first-order valence-electron chi connectivity index (χ1n) is 10.4. The predicted octanol–water partition coefficient (Wildman–Crippen LogP) is 3.10.